The molecule has 2 nitrogen and oxygen atoms in total. The Morgan fingerprint density at radius 3 is 2.57 bits per heavy atom. The SMILES string of the molecule is Cc1cc(SCC(=O)c2ccc(Cl)cc2)nc2c(C)cccc12. The summed E-state index contributed by atoms with van der Waals surface area (Å²) in [6, 6.07) is 15.2. The fourth-order valence-electron chi connectivity index (χ4n) is 2.46. The number of aryl methyl sites for hydroxylation is 2. The molecule has 0 radical (unpaired) electrons. The summed E-state index contributed by atoms with van der Waals surface area (Å²) in [5, 5.41) is 2.68. The van der Waals surface area contributed by atoms with Gasteiger partial charge in [0, 0.05) is 16.0 Å². The molecular weight excluding hydrogens is 326 g/mol. The zero-order valence-electron chi connectivity index (χ0n) is 13.0. The summed E-state index contributed by atoms with van der Waals surface area (Å²) in [5.41, 5.74) is 4.02. The smallest absolute Gasteiger partial charge is 0.173 e. The van der Waals surface area contributed by atoms with E-state index in [1.165, 1.54) is 22.7 Å². The Morgan fingerprint density at radius 2 is 1.83 bits per heavy atom. The number of aromatic nitrogens is 1. The topological polar surface area (TPSA) is 30.0 Å². The summed E-state index contributed by atoms with van der Waals surface area (Å²) >= 11 is 7.32. The molecule has 0 aliphatic heterocycles. The van der Waals surface area contributed by atoms with E-state index in [-0.39, 0.29) is 5.78 Å². The summed E-state index contributed by atoms with van der Waals surface area (Å²) in [5.74, 6) is 0.446. The Morgan fingerprint density at radius 1 is 1.09 bits per heavy atom. The molecule has 0 unspecified atom stereocenters. The molecule has 0 spiro atoms. The van der Waals surface area contributed by atoms with Crippen LogP contribution < -0.4 is 0 Å². The molecule has 0 atom stereocenters. The van der Waals surface area contributed by atoms with Crippen LogP contribution >= 0.6 is 23.4 Å². The molecule has 1 aromatic heterocycles. The summed E-state index contributed by atoms with van der Waals surface area (Å²) in [4.78, 5) is 17.0. The van der Waals surface area contributed by atoms with Crippen LogP contribution in [0.3, 0.4) is 0 Å². The van der Waals surface area contributed by atoms with Crippen molar-refractivity contribution in [2.24, 2.45) is 0 Å². The maximum Gasteiger partial charge on any atom is 0.173 e. The summed E-state index contributed by atoms with van der Waals surface area (Å²) in [6.45, 7) is 4.14. The molecule has 0 saturated carbocycles. The predicted molar refractivity (Wildman–Crippen MR) is 97.7 cm³/mol. The highest BCUT2D eigenvalue weighted by Gasteiger charge is 2.09. The molecule has 0 saturated heterocycles. The number of rotatable bonds is 4. The zero-order chi connectivity index (χ0) is 16.4. The number of nitrogens with zero attached hydrogens (tertiary/aromatic N) is 1. The number of carbonyl (C=O) groups is 1. The number of thioether (sulfide) groups is 1. The highest BCUT2D eigenvalue weighted by Crippen LogP contribution is 2.26. The first-order valence-corrected chi connectivity index (χ1v) is 8.69. The lowest BCUT2D eigenvalue weighted by Crippen LogP contribution is -2.02. The molecule has 0 bridgehead atoms. The van der Waals surface area contributed by atoms with Gasteiger partial charge in [0.15, 0.2) is 5.78 Å². The van der Waals surface area contributed by atoms with Gasteiger partial charge < -0.3 is 0 Å². The quantitative estimate of drug-likeness (QED) is 0.465. The second-order valence-electron chi connectivity index (χ2n) is 5.47. The molecule has 116 valence electrons. The minimum atomic E-state index is 0.0796. The average Bonchev–Trinajstić information content (AvgIpc) is 2.54. The largest absolute Gasteiger partial charge is 0.293 e. The predicted octanol–water partition coefficient (Wildman–Crippen LogP) is 5.48. The van der Waals surface area contributed by atoms with E-state index in [2.05, 4.69) is 26.0 Å². The lowest BCUT2D eigenvalue weighted by Gasteiger charge is -2.08. The fraction of sp³-hybridized carbons (Fsp3) is 0.158. The van der Waals surface area contributed by atoms with Crippen LogP contribution in [0.15, 0.2) is 53.6 Å². The van der Waals surface area contributed by atoms with Crippen molar-refractivity contribution in [3.8, 4) is 0 Å². The third-order valence-electron chi connectivity index (χ3n) is 3.74. The van der Waals surface area contributed by atoms with Crippen molar-refractivity contribution >= 4 is 40.0 Å². The van der Waals surface area contributed by atoms with Crippen LogP contribution in [-0.4, -0.2) is 16.5 Å². The number of hydrogen-bond acceptors (Lipinski definition) is 3. The second kappa shape index (κ2) is 6.73. The van der Waals surface area contributed by atoms with Crippen molar-refractivity contribution in [2.75, 3.05) is 5.75 Å². The van der Waals surface area contributed by atoms with Gasteiger partial charge in [-0.1, -0.05) is 41.6 Å². The van der Waals surface area contributed by atoms with E-state index in [1.807, 2.05) is 12.1 Å². The molecule has 0 fully saturated rings. The van der Waals surface area contributed by atoms with Crippen molar-refractivity contribution in [1.82, 2.24) is 4.98 Å². The van der Waals surface area contributed by atoms with E-state index in [0.29, 0.717) is 16.3 Å². The molecular formula is C19H16ClNOS. The Labute approximate surface area is 144 Å². The highest BCUT2D eigenvalue weighted by atomic mass is 35.5. The van der Waals surface area contributed by atoms with Crippen molar-refractivity contribution in [3.63, 3.8) is 0 Å². The number of Topliss-reactive ketones (excluding diaryl/α,β-unsaturated/α-hetero) is 1. The van der Waals surface area contributed by atoms with Crippen LogP contribution in [0.2, 0.25) is 5.02 Å². The lowest BCUT2D eigenvalue weighted by molar-refractivity contribution is 0.102. The number of halogens is 1. The van der Waals surface area contributed by atoms with Gasteiger partial charge in [0.1, 0.15) is 0 Å². The third kappa shape index (κ3) is 3.57. The first-order chi connectivity index (χ1) is 11.0. The van der Waals surface area contributed by atoms with Gasteiger partial charge in [-0.2, -0.15) is 0 Å². The minimum absolute atomic E-state index is 0.0796. The van der Waals surface area contributed by atoms with E-state index in [0.717, 1.165) is 16.1 Å². The number of para-hydroxylation sites is 1. The van der Waals surface area contributed by atoms with E-state index >= 15 is 0 Å². The summed E-state index contributed by atoms with van der Waals surface area (Å²) in [7, 11) is 0. The van der Waals surface area contributed by atoms with Gasteiger partial charge >= 0.3 is 0 Å². The molecule has 3 rings (SSSR count). The van der Waals surface area contributed by atoms with Crippen molar-refractivity contribution < 1.29 is 4.79 Å². The van der Waals surface area contributed by atoms with E-state index in [4.69, 9.17) is 16.6 Å². The maximum absolute atomic E-state index is 12.3. The number of benzene rings is 2. The number of fused-ring (bicyclic) bond motifs is 1. The highest BCUT2D eigenvalue weighted by molar-refractivity contribution is 7.99. The van der Waals surface area contributed by atoms with Crippen molar-refractivity contribution in [3.05, 3.63) is 70.2 Å². The van der Waals surface area contributed by atoms with Crippen LogP contribution in [0.5, 0.6) is 0 Å². The zero-order valence-corrected chi connectivity index (χ0v) is 14.5. The normalized spacial score (nSPS) is 10.9. The minimum Gasteiger partial charge on any atom is -0.293 e. The van der Waals surface area contributed by atoms with Gasteiger partial charge in [-0.05, 0) is 55.3 Å². The fourth-order valence-corrected chi connectivity index (χ4v) is 3.45. The number of carbonyl (C=O) groups excluding carboxylic acids is 1. The molecule has 0 aliphatic carbocycles. The van der Waals surface area contributed by atoms with Gasteiger partial charge in [0.2, 0.25) is 0 Å². The molecule has 23 heavy (non-hydrogen) atoms. The first kappa shape index (κ1) is 16.0. The van der Waals surface area contributed by atoms with Crippen LogP contribution in [0.25, 0.3) is 10.9 Å². The van der Waals surface area contributed by atoms with Crippen LogP contribution in [-0.2, 0) is 0 Å². The number of pyridine rings is 1. The molecule has 0 amide bonds. The summed E-state index contributed by atoms with van der Waals surface area (Å²) in [6.07, 6.45) is 0. The maximum atomic E-state index is 12.3. The Balaban J connectivity index is 1.80. The molecule has 3 aromatic rings. The Kier molecular flexibility index (Phi) is 4.69. The van der Waals surface area contributed by atoms with Gasteiger partial charge in [-0.15, -0.1) is 0 Å². The first-order valence-electron chi connectivity index (χ1n) is 7.33. The second-order valence-corrected chi connectivity index (χ2v) is 6.90. The van der Waals surface area contributed by atoms with Crippen LogP contribution in [0.1, 0.15) is 21.5 Å². The van der Waals surface area contributed by atoms with E-state index in [1.54, 1.807) is 24.3 Å². The Hall–Kier alpha value is -1.84. The third-order valence-corrected chi connectivity index (χ3v) is 4.91. The van der Waals surface area contributed by atoms with Crippen molar-refractivity contribution in [2.45, 2.75) is 18.9 Å². The van der Waals surface area contributed by atoms with Crippen LogP contribution in [0, 0.1) is 13.8 Å². The summed E-state index contributed by atoms with van der Waals surface area (Å²) < 4.78 is 0. The Bertz CT molecular complexity index is 874. The van der Waals surface area contributed by atoms with Gasteiger partial charge in [-0.25, -0.2) is 4.98 Å². The molecule has 2 aromatic carbocycles. The molecule has 1 heterocycles. The average molecular weight is 342 g/mol. The lowest BCUT2D eigenvalue weighted by atomic mass is 10.1. The number of hydrogen-bond donors (Lipinski definition) is 0. The molecule has 0 aliphatic rings. The van der Waals surface area contributed by atoms with E-state index in [9.17, 15) is 4.79 Å². The van der Waals surface area contributed by atoms with Gasteiger partial charge in [-0.3, -0.25) is 4.79 Å². The van der Waals surface area contributed by atoms with Gasteiger partial charge in [0.05, 0.1) is 16.3 Å². The number of ketones is 1. The van der Waals surface area contributed by atoms with Crippen molar-refractivity contribution in [1.29, 1.82) is 0 Å². The van der Waals surface area contributed by atoms with E-state index < -0.39 is 0 Å². The van der Waals surface area contributed by atoms with Crippen LogP contribution in [0.4, 0.5) is 0 Å². The van der Waals surface area contributed by atoms with Gasteiger partial charge in [0.25, 0.3) is 0 Å². The monoisotopic (exact) mass is 341 g/mol. The standard InChI is InChI=1S/C19H16ClNOS/c1-12-4-3-5-16-13(2)10-18(21-19(12)16)23-11-17(22)14-6-8-15(20)9-7-14/h3-10H,11H2,1-2H3. The molecule has 4 heteroatoms. The molecule has 0 N–H and O–H groups in total.